The average molecular weight is 401 g/mol. The molecule has 2 heterocycles. The SMILES string of the molecule is O=C(c1ccccc1)N1CCCN(Cc2cc(Cl)c3c(c2)OCCCO3)CC1. The highest BCUT2D eigenvalue weighted by molar-refractivity contribution is 6.32. The Morgan fingerprint density at radius 2 is 1.79 bits per heavy atom. The van der Waals surface area contributed by atoms with Crippen molar-refractivity contribution >= 4 is 17.5 Å². The standard InChI is InChI=1S/C22H25ClN2O3/c23-19-14-17(15-20-21(19)28-13-5-12-27-20)16-24-8-4-9-25(11-10-24)22(26)18-6-2-1-3-7-18/h1-3,6-7,14-15H,4-5,8-13,16H2. The highest BCUT2D eigenvalue weighted by Gasteiger charge is 2.21. The zero-order valence-corrected chi connectivity index (χ0v) is 16.7. The van der Waals surface area contributed by atoms with Gasteiger partial charge in [0, 0.05) is 44.7 Å². The molecule has 28 heavy (non-hydrogen) atoms. The Bertz CT molecular complexity index is 828. The van der Waals surface area contributed by atoms with Crippen LogP contribution in [0.15, 0.2) is 42.5 Å². The molecule has 0 atom stereocenters. The number of rotatable bonds is 3. The molecular formula is C22H25ClN2O3. The van der Waals surface area contributed by atoms with Crippen molar-refractivity contribution in [1.29, 1.82) is 0 Å². The molecule has 2 aliphatic heterocycles. The highest BCUT2D eigenvalue weighted by Crippen LogP contribution is 2.38. The van der Waals surface area contributed by atoms with Crippen molar-refractivity contribution in [1.82, 2.24) is 9.80 Å². The van der Waals surface area contributed by atoms with E-state index in [1.54, 1.807) is 0 Å². The number of fused-ring (bicyclic) bond motifs is 1. The third-order valence-electron chi connectivity index (χ3n) is 5.16. The van der Waals surface area contributed by atoms with E-state index in [9.17, 15) is 4.79 Å². The van der Waals surface area contributed by atoms with E-state index < -0.39 is 0 Å². The molecule has 0 N–H and O–H groups in total. The molecule has 0 aliphatic carbocycles. The van der Waals surface area contributed by atoms with E-state index in [1.165, 1.54) is 0 Å². The lowest BCUT2D eigenvalue weighted by atomic mass is 10.2. The molecule has 0 aromatic heterocycles. The van der Waals surface area contributed by atoms with Gasteiger partial charge >= 0.3 is 0 Å². The Morgan fingerprint density at radius 1 is 0.964 bits per heavy atom. The van der Waals surface area contributed by atoms with E-state index in [2.05, 4.69) is 4.90 Å². The maximum absolute atomic E-state index is 12.7. The van der Waals surface area contributed by atoms with Crippen molar-refractivity contribution < 1.29 is 14.3 Å². The number of carbonyl (C=O) groups excluding carboxylic acids is 1. The first-order valence-electron chi connectivity index (χ1n) is 9.85. The highest BCUT2D eigenvalue weighted by atomic mass is 35.5. The molecule has 2 aromatic rings. The Balaban J connectivity index is 1.41. The minimum atomic E-state index is 0.112. The number of amides is 1. The second-order valence-electron chi connectivity index (χ2n) is 7.24. The molecule has 0 radical (unpaired) electrons. The molecular weight excluding hydrogens is 376 g/mol. The van der Waals surface area contributed by atoms with Crippen molar-refractivity contribution in [2.24, 2.45) is 0 Å². The first-order chi connectivity index (χ1) is 13.7. The summed E-state index contributed by atoms with van der Waals surface area (Å²) in [6.45, 7) is 5.35. The second-order valence-corrected chi connectivity index (χ2v) is 7.65. The van der Waals surface area contributed by atoms with Crippen molar-refractivity contribution in [2.45, 2.75) is 19.4 Å². The van der Waals surface area contributed by atoms with Crippen LogP contribution in [0.3, 0.4) is 0 Å². The molecule has 4 rings (SSSR count). The molecule has 1 saturated heterocycles. The van der Waals surface area contributed by atoms with E-state index >= 15 is 0 Å². The molecule has 1 amide bonds. The summed E-state index contributed by atoms with van der Waals surface area (Å²) in [6, 6.07) is 13.5. The first-order valence-corrected chi connectivity index (χ1v) is 10.2. The smallest absolute Gasteiger partial charge is 0.253 e. The van der Waals surface area contributed by atoms with Gasteiger partial charge in [-0.3, -0.25) is 9.69 Å². The number of halogens is 1. The van der Waals surface area contributed by atoms with Gasteiger partial charge < -0.3 is 14.4 Å². The Hall–Kier alpha value is -2.24. The van der Waals surface area contributed by atoms with Crippen LogP contribution in [0.25, 0.3) is 0 Å². The maximum atomic E-state index is 12.7. The molecule has 0 unspecified atom stereocenters. The lowest BCUT2D eigenvalue weighted by Crippen LogP contribution is -2.35. The summed E-state index contributed by atoms with van der Waals surface area (Å²) in [5, 5.41) is 0.602. The minimum absolute atomic E-state index is 0.112. The van der Waals surface area contributed by atoms with Crippen LogP contribution in [0.1, 0.15) is 28.8 Å². The van der Waals surface area contributed by atoms with Gasteiger partial charge in [0.05, 0.1) is 18.2 Å². The van der Waals surface area contributed by atoms with E-state index in [1.807, 2.05) is 47.4 Å². The Labute approximate surface area is 170 Å². The molecule has 2 aliphatic rings. The normalized spacial score (nSPS) is 17.7. The van der Waals surface area contributed by atoms with Crippen LogP contribution in [-0.2, 0) is 6.54 Å². The molecule has 2 aromatic carbocycles. The van der Waals surface area contributed by atoms with Gasteiger partial charge in [0.25, 0.3) is 5.91 Å². The number of benzene rings is 2. The second kappa shape index (κ2) is 8.84. The fourth-order valence-electron chi connectivity index (χ4n) is 3.73. The third kappa shape index (κ3) is 4.42. The van der Waals surface area contributed by atoms with Gasteiger partial charge in [-0.05, 0) is 36.2 Å². The van der Waals surface area contributed by atoms with Crippen molar-refractivity contribution in [3.05, 3.63) is 58.6 Å². The number of carbonyl (C=O) groups is 1. The average Bonchev–Trinajstić information content (AvgIpc) is 3.09. The lowest BCUT2D eigenvalue weighted by Gasteiger charge is -2.22. The van der Waals surface area contributed by atoms with Gasteiger partial charge in [0.1, 0.15) is 0 Å². The number of ether oxygens (including phenoxy) is 2. The summed E-state index contributed by atoms with van der Waals surface area (Å²) in [6.07, 6.45) is 1.81. The van der Waals surface area contributed by atoms with Crippen LogP contribution in [0.2, 0.25) is 5.02 Å². The van der Waals surface area contributed by atoms with Crippen LogP contribution < -0.4 is 9.47 Å². The van der Waals surface area contributed by atoms with Gasteiger partial charge in [-0.2, -0.15) is 0 Å². The molecule has 6 heteroatoms. The van der Waals surface area contributed by atoms with Crippen LogP contribution in [0.4, 0.5) is 0 Å². The number of hydrogen-bond donors (Lipinski definition) is 0. The number of hydrogen-bond acceptors (Lipinski definition) is 4. The van der Waals surface area contributed by atoms with Crippen molar-refractivity contribution in [2.75, 3.05) is 39.4 Å². The summed E-state index contributed by atoms with van der Waals surface area (Å²) < 4.78 is 11.5. The van der Waals surface area contributed by atoms with E-state index in [-0.39, 0.29) is 5.91 Å². The van der Waals surface area contributed by atoms with E-state index in [0.29, 0.717) is 24.0 Å². The maximum Gasteiger partial charge on any atom is 0.253 e. The predicted octanol–water partition coefficient (Wildman–Crippen LogP) is 3.85. The van der Waals surface area contributed by atoms with Gasteiger partial charge in [-0.1, -0.05) is 29.8 Å². The topological polar surface area (TPSA) is 42.0 Å². The quantitative estimate of drug-likeness (QED) is 0.784. The van der Waals surface area contributed by atoms with Crippen LogP contribution in [-0.4, -0.2) is 55.1 Å². The molecule has 5 nitrogen and oxygen atoms in total. The summed E-state index contributed by atoms with van der Waals surface area (Å²) in [4.78, 5) is 17.0. The minimum Gasteiger partial charge on any atom is -0.489 e. The first kappa shape index (κ1) is 19.1. The van der Waals surface area contributed by atoms with E-state index in [0.717, 1.165) is 62.4 Å². The van der Waals surface area contributed by atoms with Crippen molar-refractivity contribution in [3.8, 4) is 11.5 Å². The van der Waals surface area contributed by atoms with E-state index in [4.69, 9.17) is 21.1 Å². The fourth-order valence-corrected chi connectivity index (χ4v) is 4.02. The van der Waals surface area contributed by atoms with Gasteiger partial charge in [-0.15, -0.1) is 0 Å². The van der Waals surface area contributed by atoms with Gasteiger partial charge in [-0.25, -0.2) is 0 Å². The molecule has 0 saturated carbocycles. The van der Waals surface area contributed by atoms with Crippen molar-refractivity contribution in [3.63, 3.8) is 0 Å². The summed E-state index contributed by atoms with van der Waals surface area (Å²) in [5.74, 6) is 1.50. The largest absolute Gasteiger partial charge is 0.489 e. The van der Waals surface area contributed by atoms with Gasteiger partial charge in [0.15, 0.2) is 11.5 Å². The zero-order chi connectivity index (χ0) is 19.3. The Morgan fingerprint density at radius 3 is 2.64 bits per heavy atom. The summed E-state index contributed by atoms with van der Waals surface area (Å²) in [7, 11) is 0. The molecule has 1 fully saturated rings. The predicted molar refractivity (Wildman–Crippen MR) is 109 cm³/mol. The van der Waals surface area contributed by atoms with Crippen LogP contribution in [0.5, 0.6) is 11.5 Å². The summed E-state index contributed by atoms with van der Waals surface area (Å²) in [5.41, 5.74) is 1.86. The summed E-state index contributed by atoms with van der Waals surface area (Å²) >= 11 is 6.43. The molecule has 148 valence electrons. The lowest BCUT2D eigenvalue weighted by molar-refractivity contribution is 0.0761. The Kier molecular flexibility index (Phi) is 6.03. The monoisotopic (exact) mass is 400 g/mol. The van der Waals surface area contributed by atoms with Crippen LogP contribution >= 0.6 is 11.6 Å². The molecule has 0 spiro atoms. The van der Waals surface area contributed by atoms with Crippen LogP contribution in [0, 0.1) is 0 Å². The number of nitrogens with zero attached hydrogens (tertiary/aromatic N) is 2. The fraction of sp³-hybridized carbons (Fsp3) is 0.409. The zero-order valence-electron chi connectivity index (χ0n) is 15.9. The molecule has 0 bridgehead atoms. The van der Waals surface area contributed by atoms with Gasteiger partial charge in [0.2, 0.25) is 0 Å². The third-order valence-corrected chi connectivity index (χ3v) is 5.45.